The Bertz CT molecular complexity index is 2590. The second kappa shape index (κ2) is 20.3. The lowest BCUT2D eigenvalue weighted by atomic mass is 9.89. The quantitative estimate of drug-likeness (QED) is 0.102. The van der Waals surface area contributed by atoms with Crippen molar-refractivity contribution >= 4 is 39.1 Å². The van der Waals surface area contributed by atoms with Gasteiger partial charge in [-0.3, -0.25) is 4.99 Å². The zero-order valence-corrected chi connectivity index (χ0v) is 35.6. The van der Waals surface area contributed by atoms with Crippen molar-refractivity contribution in [1.82, 2.24) is 15.6 Å². The minimum atomic E-state index is -0.195. The second-order valence-electron chi connectivity index (χ2n) is 14.5. The molecule has 3 heterocycles. The molecule has 0 radical (unpaired) electrons. The van der Waals surface area contributed by atoms with Crippen molar-refractivity contribution in [3.05, 3.63) is 187 Å². The summed E-state index contributed by atoms with van der Waals surface area (Å²) in [5.74, 6) is 0.814. The van der Waals surface area contributed by atoms with Crippen LogP contribution in [0.15, 0.2) is 174 Å². The van der Waals surface area contributed by atoms with Gasteiger partial charge in [-0.1, -0.05) is 133 Å². The molecule has 0 spiro atoms. The van der Waals surface area contributed by atoms with Gasteiger partial charge in [0.1, 0.15) is 11.4 Å². The van der Waals surface area contributed by atoms with E-state index in [9.17, 15) is 0 Å². The van der Waals surface area contributed by atoms with E-state index in [1.165, 1.54) is 33.5 Å². The van der Waals surface area contributed by atoms with E-state index in [1.807, 2.05) is 68.6 Å². The molecule has 1 aliphatic heterocycles. The molecule has 1 atom stereocenters. The number of nitrogens with zero attached hydrogens (tertiary/aromatic N) is 2. The summed E-state index contributed by atoms with van der Waals surface area (Å²) >= 11 is 0. The van der Waals surface area contributed by atoms with Gasteiger partial charge in [-0.15, -0.1) is 0 Å². The van der Waals surface area contributed by atoms with Crippen LogP contribution >= 0.6 is 0 Å². The van der Waals surface area contributed by atoms with Crippen LogP contribution in [0.3, 0.4) is 0 Å². The van der Waals surface area contributed by atoms with Crippen LogP contribution < -0.4 is 10.6 Å². The molecule has 59 heavy (non-hydrogen) atoms. The average molecular weight is 779 g/mol. The molecule has 4 aromatic carbocycles. The van der Waals surface area contributed by atoms with Gasteiger partial charge in [0.25, 0.3) is 0 Å². The molecule has 5 heteroatoms. The minimum Gasteiger partial charge on any atom is -0.438 e. The number of aromatic nitrogens is 1. The number of allylic oxidation sites excluding steroid dienone is 6. The third-order valence-corrected chi connectivity index (χ3v) is 10.6. The minimum absolute atomic E-state index is 0.195. The zero-order chi connectivity index (χ0) is 41.7. The molecule has 7 rings (SSSR count). The molecule has 300 valence electrons. The van der Waals surface area contributed by atoms with E-state index in [1.54, 1.807) is 6.20 Å². The lowest BCUT2D eigenvalue weighted by Gasteiger charge is -2.18. The van der Waals surface area contributed by atoms with E-state index in [4.69, 9.17) is 9.41 Å². The molecule has 0 saturated heterocycles. The Morgan fingerprint density at radius 1 is 0.831 bits per heavy atom. The van der Waals surface area contributed by atoms with E-state index in [0.717, 1.165) is 87.8 Å². The number of rotatable bonds is 15. The van der Waals surface area contributed by atoms with Crippen LogP contribution in [0.1, 0.15) is 83.1 Å². The first-order valence-corrected chi connectivity index (χ1v) is 21.2. The number of aryl methyl sites for hydroxylation is 1. The van der Waals surface area contributed by atoms with Crippen LogP contribution in [0.2, 0.25) is 0 Å². The highest BCUT2D eigenvalue weighted by Gasteiger charge is 2.16. The van der Waals surface area contributed by atoms with Gasteiger partial charge in [-0.05, 0) is 130 Å². The Morgan fingerprint density at radius 3 is 2.27 bits per heavy atom. The third-order valence-electron chi connectivity index (χ3n) is 10.6. The maximum absolute atomic E-state index is 5.92. The summed E-state index contributed by atoms with van der Waals surface area (Å²) in [5.41, 5.74) is 15.6. The predicted octanol–water partition coefficient (Wildman–Crippen LogP) is 14.0. The number of aliphatic imine (C=N–C) groups is 1. The lowest BCUT2D eigenvalue weighted by molar-refractivity contribution is 0.654. The van der Waals surface area contributed by atoms with Crippen molar-refractivity contribution in [2.75, 3.05) is 6.54 Å². The molecule has 0 bridgehead atoms. The number of amidine groups is 1. The van der Waals surface area contributed by atoms with E-state index in [2.05, 4.69) is 135 Å². The van der Waals surface area contributed by atoms with Crippen LogP contribution in [0.4, 0.5) is 0 Å². The van der Waals surface area contributed by atoms with Gasteiger partial charge >= 0.3 is 0 Å². The highest BCUT2D eigenvalue weighted by atomic mass is 16.3. The summed E-state index contributed by atoms with van der Waals surface area (Å²) in [5, 5.41) is 9.07. The van der Waals surface area contributed by atoms with E-state index < -0.39 is 0 Å². The number of fused-ring (bicyclic) bond motifs is 3. The standard InChI is InChI=1S/C52H52N4O.C2H6/c1-7-15-38-23-24-43(33-47(38)45(10-4)36(6)53-28-8-2)40-19-12-18-39(31-40)41-20-13-21-44(32-41)51-54-30-27-49(56-51)35(5)16-11-17-37(9-3)42-25-26-50-48(34-42)46-22-14-29-55-52(46)57-50;1-2/h9,11-14,16-27,29-34,49,53H,3,5,7-8,10,15,28H2,1-2,4,6H3,(H,54,56);1-2H3/b16-11-,37-17+,45-36+;. The van der Waals surface area contributed by atoms with Crippen LogP contribution in [0.5, 0.6) is 0 Å². The molecule has 1 aliphatic rings. The van der Waals surface area contributed by atoms with E-state index >= 15 is 0 Å². The smallest absolute Gasteiger partial charge is 0.227 e. The number of hydrogen-bond acceptors (Lipinski definition) is 5. The number of pyridine rings is 1. The van der Waals surface area contributed by atoms with Crippen molar-refractivity contribution < 1.29 is 4.42 Å². The molecular weight excluding hydrogens is 721 g/mol. The Labute approximate surface area is 351 Å². The van der Waals surface area contributed by atoms with Crippen molar-refractivity contribution in [3.8, 4) is 22.3 Å². The topological polar surface area (TPSA) is 62.5 Å². The molecule has 0 fully saturated rings. The molecule has 0 saturated carbocycles. The Hall–Kier alpha value is -6.46. The van der Waals surface area contributed by atoms with Crippen molar-refractivity contribution in [3.63, 3.8) is 0 Å². The monoisotopic (exact) mass is 778 g/mol. The number of nitrogens with one attached hydrogen (secondary N) is 2. The van der Waals surface area contributed by atoms with Crippen molar-refractivity contribution in [2.45, 2.75) is 73.3 Å². The van der Waals surface area contributed by atoms with Crippen molar-refractivity contribution in [2.24, 2.45) is 4.99 Å². The lowest BCUT2D eigenvalue weighted by Crippen LogP contribution is -2.26. The van der Waals surface area contributed by atoms with Crippen molar-refractivity contribution in [1.29, 1.82) is 0 Å². The third kappa shape index (κ3) is 9.81. The highest BCUT2D eigenvalue weighted by Crippen LogP contribution is 2.34. The first-order chi connectivity index (χ1) is 28.9. The van der Waals surface area contributed by atoms with Gasteiger partial charge in [0.2, 0.25) is 5.71 Å². The van der Waals surface area contributed by atoms with Gasteiger partial charge in [-0.25, -0.2) is 4.98 Å². The molecule has 0 aliphatic carbocycles. The van der Waals surface area contributed by atoms with Gasteiger partial charge < -0.3 is 15.1 Å². The fourth-order valence-corrected chi connectivity index (χ4v) is 7.57. The summed E-state index contributed by atoms with van der Waals surface area (Å²) in [6.45, 7) is 22.4. The van der Waals surface area contributed by atoms with Gasteiger partial charge in [-0.2, -0.15) is 0 Å². The van der Waals surface area contributed by atoms with E-state index in [-0.39, 0.29) is 6.04 Å². The number of hydrogen-bond donors (Lipinski definition) is 2. The normalized spacial score (nSPS) is 14.4. The summed E-state index contributed by atoms with van der Waals surface area (Å²) < 4.78 is 5.92. The first kappa shape index (κ1) is 42.2. The summed E-state index contributed by atoms with van der Waals surface area (Å²) in [7, 11) is 0. The molecule has 2 aromatic heterocycles. The van der Waals surface area contributed by atoms with Crippen LogP contribution in [0.25, 0.3) is 55.5 Å². The molecule has 0 amide bonds. The number of benzene rings is 4. The number of furan rings is 1. The molecule has 1 unspecified atom stereocenters. The van der Waals surface area contributed by atoms with Gasteiger partial charge in [0, 0.05) is 41.0 Å². The highest BCUT2D eigenvalue weighted by molar-refractivity contribution is 6.05. The summed E-state index contributed by atoms with van der Waals surface area (Å²) in [6, 6.07) is 34.4. The summed E-state index contributed by atoms with van der Waals surface area (Å²) in [4.78, 5) is 9.44. The average Bonchev–Trinajstić information content (AvgIpc) is 3.67. The fraction of sp³-hybridized carbons (Fsp3) is 0.222. The van der Waals surface area contributed by atoms with Gasteiger partial charge in [0.15, 0.2) is 0 Å². The Balaban J connectivity index is 0.00000288. The van der Waals surface area contributed by atoms with Crippen LogP contribution in [0, 0.1) is 0 Å². The van der Waals surface area contributed by atoms with Crippen LogP contribution in [-0.2, 0) is 6.42 Å². The largest absolute Gasteiger partial charge is 0.438 e. The van der Waals surface area contributed by atoms with Gasteiger partial charge in [0.05, 0.1) is 6.04 Å². The second-order valence-corrected chi connectivity index (χ2v) is 14.5. The maximum atomic E-state index is 5.92. The molecule has 2 N–H and O–H groups in total. The maximum Gasteiger partial charge on any atom is 0.227 e. The Kier molecular flexibility index (Phi) is 14.5. The molecule has 5 nitrogen and oxygen atoms in total. The van der Waals surface area contributed by atoms with Crippen LogP contribution in [-0.4, -0.2) is 23.4 Å². The molecular formula is C54H58N4O. The predicted molar refractivity (Wildman–Crippen MR) is 254 cm³/mol. The van der Waals surface area contributed by atoms with E-state index in [0.29, 0.717) is 5.71 Å². The SMILES string of the molecule is C=C/C(=C\C=C/C(=C)C1C=CNC(c2cccc(-c3cccc(-c4ccc(CCC)c(/C(CC)=C(\C)NCCC)c4)c3)c2)=N1)c1ccc2oc3ncccc3c2c1.CC. The molecule has 6 aromatic rings. The fourth-order valence-electron chi connectivity index (χ4n) is 7.57. The zero-order valence-electron chi connectivity index (χ0n) is 35.6. The Morgan fingerprint density at radius 2 is 1.56 bits per heavy atom. The summed E-state index contributed by atoms with van der Waals surface area (Å²) in [6.07, 6.45) is 18.0. The first-order valence-electron chi connectivity index (χ1n) is 21.2.